The molecule has 1 aliphatic rings. The summed E-state index contributed by atoms with van der Waals surface area (Å²) in [6.45, 7) is 7.76. The van der Waals surface area contributed by atoms with E-state index in [0.717, 1.165) is 45.0 Å². The highest BCUT2D eigenvalue weighted by Crippen LogP contribution is 2.24. The highest BCUT2D eigenvalue weighted by atomic mass is 32.2. The van der Waals surface area contributed by atoms with Gasteiger partial charge in [0.05, 0.1) is 12.1 Å². The summed E-state index contributed by atoms with van der Waals surface area (Å²) < 4.78 is 5.76. The van der Waals surface area contributed by atoms with Crippen molar-refractivity contribution in [1.29, 1.82) is 0 Å². The van der Waals surface area contributed by atoms with E-state index in [1.165, 1.54) is 18.6 Å². The molecule has 2 N–H and O–H groups in total. The van der Waals surface area contributed by atoms with Gasteiger partial charge >= 0.3 is 0 Å². The van der Waals surface area contributed by atoms with Crippen molar-refractivity contribution >= 4 is 17.7 Å². The number of aliphatic imine (C=N–C) groups is 1. The Bertz CT molecular complexity index is 265. The van der Waals surface area contributed by atoms with Crippen LogP contribution in [0.4, 0.5) is 0 Å². The van der Waals surface area contributed by atoms with Gasteiger partial charge < -0.3 is 15.4 Å². The van der Waals surface area contributed by atoms with Crippen LogP contribution in [-0.4, -0.2) is 49.8 Å². The van der Waals surface area contributed by atoms with Crippen LogP contribution in [0.5, 0.6) is 0 Å². The van der Waals surface area contributed by atoms with E-state index in [1.807, 2.05) is 11.8 Å². The first-order valence-electron chi connectivity index (χ1n) is 7.35. The molecule has 0 bridgehead atoms. The summed E-state index contributed by atoms with van der Waals surface area (Å²) in [6, 6.07) is 0. The van der Waals surface area contributed by atoms with Gasteiger partial charge in [-0.1, -0.05) is 0 Å². The highest BCUT2D eigenvalue weighted by Gasteiger charge is 2.29. The molecule has 4 nitrogen and oxygen atoms in total. The fourth-order valence-electron chi connectivity index (χ4n) is 2.13. The average molecular weight is 287 g/mol. The zero-order valence-electron chi connectivity index (χ0n) is 12.6. The molecule has 0 saturated carbocycles. The van der Waals surface area contributed by atoms with Crippen molar-refractivity contribution in [3.63, 3.8) is 0 Å². The van der Waals surface area contributed by atoms with Gasteiger partial charge in [-0.05, 0) is 51.5 Å². The monoisotopic (exact) mass is 287 g/mol. The molecule has 0 amide bonds. The minimum atomic E-state index is -0.0544. The van der Waals surface area contributed by atoms with Crippen molar-refractivity contribution < 1.29 is 4.74 Å². The first kappa shape index (κ1) is 16.6. The molecule has 1 fully saturated rings. The number of rotatable bonds is 8. The van der Waals surface area contributed by atoms with Gasteiger partial charge in [0, 0.05) is 19.7 Å². The Morgan fingerprint density at radius 2 is 2.21 bits per heavy atom. The lowest BCUT2D eigenvalue weighted by atomic mass is 10.0. The predicted octanol–water partition coefficient (Wildman–Crippen LogP) is 2.25. The van der Waals surface area contributed by atoms with Crippen LogP contribution in [-0.2, 0) is 4.74 Å². The Balaban J connectivity index is 2.29. The Kier molecular flexibility index (Phi) is 8.30. The summed E-state index contributed by atoms with van der Waals surface area (Å²) in [5, 5.41) is 6.69. The van der Waals surface area contributed by atoms with Crippen molar-refractivity contribution in [3.8, 4) is 0 Å². The van der Waals surface area contributed by atoms with Crippen molar-refractivity contribution in [2.75, 3.05) is 38.2 Å². The summed E-state index contributed by atoms with van der Waals surface area (Å²) in [7, 11) is 0. The summed E-state index contributed by atoms with van der Waals surface area (Å²) in [5.74, 6) is 2.16. The lowest BCUT2D eigenvalue weighted by Crippen LogP contribution is -2.39. The molecule has 0 aliphatic carbocycles. The SMILES string of the molecule is CCNC(=NCC1(C)CCCO1)NCCCCSC. The number of nitrogens with zero attached hydrogens (tertiary/aromatic N) is 1. The van der Waals surface area contributed by atoms with Crippen LogP contribution in [0.2, 0.25) is 0 Å². The maximum atomic E-state index is 5.76. The quantitative estimate of drug-likeness (QED) is 0.408. The van der Waals surface area contributed by atoms with Gasteiger partial charge in [-0.25, -0.2) is 0 Å². The molecule has 1 rings (SSSR count). The predicted molar refractivity (Wildman–Crippen MR) is 85.2 cm³/mol. The maximum Gasteiger partial charge on any atom is 0.191 e. The number of unbranched alkanes of at least 4 members (excludes halogenated alkanes) is 1. The fourth-order valence-corrected chi connectivity index (χ4v) is 2.62. The second-order valence-electron chi connectivity index (χ2n) is 5.22. The molecule has 0 aromatic carbocycles. The summed E-state index contributed by atoms with van der Waals surface area (Å²) in [6.07, 6.45) is 6.88. The lowest BCUT2D eigenvalue weighted by molar-refractivity contribution is 0.0283. The molecule has 1 unspecified atom stereocenters. The molecular formula is C14H29N3OS. The molecule has 1 heterocycles. The Morgan fingerprint density at radius 1 is 1.37 bits per heavy atom. The van der Waals surface area contributed by atoms with Crippen molar-refractivity contribution in [3.05, 3.63) is 0 Å². The number of nitrogens with one attached hydrogen (secondary N) is 2. The molecule has 1 atom stereocenters. The summed E-state index contributed by atoms with van der Waals surface area (Å²) >= 11 is 1.91. The van der Waals surface area contributed by atoms with Crippen LogP contribution >= 0.6 is 11.8 Å². The standard InChI is InChI=1S/C14H29N3OS/c1-4-15-13(16-9-5-6-11-19-3)17-12-14(2)8-7-10-18-14/h4-12H2,1-3H3,(H2,15,16,17). The largest absolute Gasteiger partial charge is 0.373 e. The third-order valence-electron chi connectivity index (χ3n) is 3.28. The number of hydrogen-bond acceptors (Lipinski definition) is 3. The normalized spacial score (nSPS) is 23.6. The van der Waals surface area contributed by atoms with Crippen LogP contribution in [0.25, 0.3) is 0 Å². The van der Waals surface area contributed by atoms with Gasteiger partial charge in [-0.2, -0.15) is 11.8 Å². The van der Waals surface area contributed by atoms with Gasteiger partial charge in [0.15, 0.2) is 5.96 Å². The van der Waals surface area contributed by atoms with E-state index < -0.39 is 0 Å². The van der Waals surface area contributed by atoms with E-state index in [1.54, 1.807) is 0 Å². The average Bonchev–Trinajstić information content (AvgIpc) is 2.83. The van der Waals surface area contributed by atoms with Crippen molar-refractivity contribution in [2.24, 2.45) is 4.99 Å². The van der Waals surface area contributed by atoms with Crippen LogP contribution in [0.3, 0.4) is 0 Å². The van der Waals surface area contributed by atoms with E-state index in [2.05, 4.69) is 35.7 Å². The minimum absolute atomic E-state index is 0.0544. The molecule has 5 heteroatoms. The third-order valence-corrected chi connectivity index (χ3v) is 3.98. The van der Waals surface area contributed by atoms with Gasteiger partial charge in [-0.3, -0.25) is 4.99 Å². The lowest BCUT2D eigenvalue weighted by Gasteiger charge is -2.21. The van der Waals surface area contributed by atoms with E-state index >= 15 is 0 Å². The molecule has 0 radical (unpaired) electrons. The highest BCUT2D eigenvalue weighted by molar-refractivity contribution is 7.98. The summed E-state index contributed by atoms with van der Waals surface area (Å²) in [4.78, 5) is 4.65. The van der Waals surface area contributed by atoms with E-state index in [0.29, 0.717) is 0 Å². The Morgan fingerprint density at radius 3 is 2.84 bits per heavy atom. The van der Waals surface area contributed by atoms with Gasteiger partial charge in [0.25, 0.3) is 0 Å². The van der Waals surface area contributed by atoms with Crippen LogP contribution in [0.15, 0.2) is 4.99 Å². The van der Waals surface area contributed by atoms with Crippen molar-refractivity contribution in [2.45, 2.75) is 45.1 Å². The van der Waals surface area contributed by atoms with Crippen LogP contribution in [0.1, 0.15) is 39.5 Å². The van der Waals surface area contributed by atoms with Gasteiger partial charge in [-0.15, -0.1) is 0 Å². The number of hydrogen-bond donors (Lipinski definition) is 2. The molecule has 1 aliphatic heterocycles. The molecule has 0 spiro atoms. The van der Waals surface area contributed by atoms with Crippen LogP contribution < -0.4 is 10.6 Å². The Hall–Kier alpha value is -0.420. The van der Waals surface area contributed by atoms with E-state index in [4.69, 9.17) is 4.74 Å². The molecule has 0 aromatic rings. The van der Waals surface area contributed by atoms with Crippen LogP contribution in [0, 0.1) is 0 Å². The minimum Gasteiger partial charge on any atom is -0.373 e. The second-order valence-corrected chi connectivity index (χ2v) is 6.21. The summed E-state index contributed by atoms with van der Waals surface area (Å²) in [5.41, 5.74) is -0.0544. The molecule has 19 heavy (non-hydrogen) atoms. The zero-order chi connectivity index (χ0) is 14.0. The molecule has 0 aromatic heterocycles. The fraction of sp³-hybridized carbons (Fsp3) is 0.929. The molecule has 112 valence electrons. The Labute approximate surface area is 122 Å². The molecule has 1 saturated heterocycles. The number of guanidine groups is 1. The number of ether oxygens (including phenoxy) is 1. The first-order chi connectivity index (χ1) is 9.20. The number of thioether (sulfide) groups is 1. The third kappa shape index (κ3) is 7.06. The van der Waals surface area contributed by atoms with E-state index in [-0.39, 0.29) is 5.60 Å². The van der Waals surface area contributed by atoms with Gasteiger partial charge in [0.1, 0.15) is 0 Å². The molecular weight excluding hydrogens is 258 g/mol. The smallest absolute Gasteiger partial charge is 0.191 e. The second kappa shape index (κ2) is 9.48. The van der Waals surface area contributed by atoms with Gasteiger partial charge in [0.2, 0.25) is 0 Å². The first-order valence-corrected chi connectivity index (χ1v) is 8.74. The van der Waals surface area contributed by atoms with Crippen molar-refractivity contribution in [1.82, 2.24) is 10.6 Å². The zero-order valence-corrected chi connectivity index (χ0v) is 13.4. The topological polar surface area (TPSA) is 45.7 Å². The van der Waals surface area contributed by atoms with E-state index in [9.17, 15) is 0 Å². The maximum absolute atomic E-state index is 5.76.